The highest BCUT2D eigenvalue weighted by Gasteiger charge is 2.30. The second-order valence-corrected chi connectivity index (χ2v) is 10.2. The van der Waals surface area contributed by atoms with E-state index < -0.39 is 17.7 Å². The average molecular weight is 510 g/mol. The third-order valence-corrected chi connectivity index (χ3v) is 7.79. The minimum Gasteiger partial charge on any atom is -0.482 e. The lowest BCUT2D eigenvalue weighted by molar-refractivity contribution is -0.143. The van der Waals surface area contributed by atoms with Crippen molar-refractivity contribution in [3.8, 4) is 16.3 Å². The molecule has 0 bridgehead atoms. The quantitative estimate of drug-likeness (QED) is 0.234. The molecule has 2 aromatic carbocycles. The standard InChI is InChI=1S/C25H26F3NO3S2/c1-14(2)19-11-21(15(3)10-20(19)32-12-23(30)31-5)33-13-22-16(4)29-24(34-22)17-6-8-18(9-7-17)25(26,27)28/h6-11,14H,12-13H2,1-5H3. The molecule has 0 aliphatic carbocycles. The van der Waals surface area contributed by atoms with Crippen LogP contribution in [0.5, 0.6) is 5.75 Å². The topological polar surface area (TPSA) is 48.4 Å². The normalized spacial score (nSPS) is 11.7. The number of rotatable bonds is 8. The van der Waals surface area contributed by atoms with Crippen LogP contribution in [0.4, 0.5) is 13.2 Å². The number of nitrogens with zero attached hydrogens (tertiary/aromatic N) is 1. The number of benzene rings is 2. The summed E-state index contributed by atoms with van der Waals surface area (Å²) < 4.78 is 48.9. The van der Waals surface area contributed by atoms with Gasteiger partial charge in [-0.15, -0.1) is 23.1 Å². The van der Waals surface area contributed by atoms with Crippen LogP contribution in [-0.4, -0.2) is 24.7 Å². The van der Waals surface area contributed by atoms with E-state index >= 15 is 0 Å². The van der Waals surface area contributed by atoms with Gasteiger partial charge in [0.2, 0.25) is 0 Å². The zero-order valence-electron chi connectivity index (χ0n) is 19.6. The largest absolute Gasteiger partial charge is 0.482 e. The Morgan fingerprint density at radius 3 is 2.41 bits per heavy atom. The summed E-state index contributed by atoms with van der Waals surface area (Å²) in [4.78, 5) is 18.2. The van der Waals surface area contributed by atoms with Crippen molar-refractivity contribution < 1.29 is 27.4 Å². The molecule has 182 valence electrons. The SMILES string of the molecule is COC(=O)COc1cc(C)c(SCc2sc(-c3ccc(C(F)(F)F)cc3)nc2C)cc1C(C)C. The van der Waals surface area contributed by atoms with E-state index in [0.717, 1.165) is 38.7 Å². The molecule has 4 nitrogen and oxygen atoms in total. The monoisotopic (exact) mass is 509 g/mol. The molecule has 0 N–H and O–H groups in total. The molecule has 0 aliphatic heterocycles. The van der Waals surface area contributed by atoms with Crippen LogP contribution in [-0.2, 0) is 21.5 Å². The number of aryl methyl sites for hydroxylation is 2. The van der Waals surface area contributed by atoms with Crippen molar-refractivity contribution in [2.75, 3.05) is 13.7 Å². The van der Waals surface area contributed by atoms with Crippen LogP contribution in [0.15, 0.2) is 41.3 Å². The Labute approximate surface area is 205 Å². The van der Waals surface area contributed by atoms with Crippen molar-refractivity contribution in [3.05, 3.63) is 63.7 Å². The van der Waals surface area contributed by atoms with Crippen molar-refractivity contribution >= 4 is 29.1 Å². The van der Waals surface area contributed by atoms with Gasteiger partial charge in [-0.1, -0.05) is 26.0 Å². The Bertz CT molecular complexity index is 1160. The molecule has 0 saturated carbocycles. The first-order chi connectivity index (χ1) is 16.0. The molecule has 34 heavy (non-hydrogen) atoms. The Kier molecular flexibility index (Phi) is 8.30. The fourth-order valence-corrected chi connectivity index (χ4v) is 5.50. The molecule has 9 heteroatoms. The number of aromatic nitrogens is 1. The Balaban J connectivity index is 1.77. The predicted molar refractivity (Wildman–Crippen MR) is 130 cm³/mol. The lowest BCUT2D eigenvalue weighted by Gasteiger charge is -2.17. The molecule has 3 aromatic rings. The molecule has 0 saturated heterocycles. The fourth-order valence-electron chi connectivity index (χ4n) is 3.24. The summed E-state index contributed by atoms with van der Waals surface area (Å²) in [6.45, 7) is 7.89. The summed E-state index contributed by atoms with van der Waals surface area (Å²) in [6.07, 6.45) is -4.36. The summed E-state index contributed by atoms with van der Waals surface area (Å²) in [7, 11) is 1.32. The van der Waals surface area contributed by atoms with Crippen LogP contribution >= 0.6 is 23.1 Å². The van der Waals surface area contributed by atoms with E-state index in [0.29, 0.717) is 22.1 Å². The highest BCUT2D eigenvalue weighted by atomic mass is 32.2. The van der Waals surface area contributed by atoms with E-state index in [1.165, 1.54) is 30.6 Å². The van der Waals surface area contributed by atoms with Crippen molar-refractivity contribution in [1.82, 2.24) is 4.98 Å². The molecule has 3 rings (SSSR count). The molecular formula is C25H26F3NO3S2. The maximum atomic E-state index is 12.8. The van der Waals surface area contributed by atoms with Gasteiger partial charge in [0.15, 0.2) is 6.61 Å². The summed E-state index contributed by atoms with van der Waals surface area (Å²) in [6, 6.07) is 9.12. The zero-order valence-corrected chi connectivity index (χ0v) is 21.2. The average Bonchev–Trinajstić information content (AvgIpc) is 3.16. The first kappa shape index (κ1) is 26.1. The number of thioether (sulfide) groups is 1. The van der Waals surface area contributed by atoms with Gasteiger partial charge in [-0.2, -0.15) is 13.2 Å². The molecule has 0 atom stereocenters. The number of methoxy groups -OCH3 is 1. The molecular weight excluding hydrogens is 483 g/mol. The van der Waals surface area contributed by atoms with E-state index in [1.54, 1.807) is 11.8 Å². The molecule has 0 fully saturated rings. The second-order valence-electron chi connectivity index (χ2n) is 8.07. The van der Waals surface area contributed by atoms with Gasteiger partial charge in [0.1, 0.15) is 10.8 Å². The van der Waals surface area contributed by atoms with Crippen LogP contribution in [0.25, 0.3) is 10.6 Å². The minimum atomic E-state index is -4.36. The number of hydrogen-bond acceptors (Lipinski definition) is 6. The maximum Gasteiger partial charge on any atom is 0.416 e. The Morgan fingerprint density at radius 2 is 1.82 bits per heavy atom. The number of carbonyl (C=O) groups excluding carboxylic acids is 1. The maximum absolute atomic E-state index is 12.8. The summed E-state index contributed by atoms with van der Waals surface area (Å²) in [5.74, 6) is 1.12. The number of alkyl halides is 3. The zero-order chi connectivity index (χ0) is 25.0. The predicted octanol–water partition coefficient (Wildman–Crippen LogP) is 7.41. The van der Waals surface area contributed by atoms with E-state index in [-0.39, 0.29) is 12.5 Å². The van der Waals surface area contributed by atoms with Crippen LogP contribution < -0.4 is 4.74 Å². The fraction of sp³-hybridized carbons (Fsp3) is 0.360. The van der Waals surface area contributed by atoms with Gasteiger partial charge in [-0.05, 0) is 55.2 Å². The third-order valence-electron chi connectivity index (χ3n) is 5.21. The lowest BCUT2D eigenvalue weighted by atomic mass is 10.0. The van der Waals surface area contributed by atoms with Gasteiger partial charge in [0.05, 0.1) is 18.4 Å². The van der Waals surface area contributed by atoms with Crippen molar-refractivity contribution in [2.24, 2.45) is 0 Å². The number of ether oxygens (including phenoxy) is 2. The number of esters is 1. The van der Waals surface area contributed by atoms with Crippen LogP contribution in [0.3, 0.4) is 0 Å². The highest BCUT2D eigenvalue weighted by molar-refractivity contribution is 7.98. The van der Waals surface area contributed by atoms with Crippen LogP contribution in [0.1, 0.15) is 47.0 Å². The lowest BCUT2D eigenvalue weighted by Crippen LogP contribution is -2.13. The van der Waals surface area contributed by atoms with Gasteiger partial charge in [-0.3, -0.25) is 0 Å². The van der Waals surface area contributed by atoms with E-state index in [4.69, 9.17) is 4.74 Å². The van der Waals surface area contributed by atoms with Crippen LogP contribution in [0.2, 0.25) is 0 Å². The number of thiazole rings is 1. The Morgan fingerprint density at radius 1 is 1.15 bits per heavy atom. The number of carbonyl (C=O) groups is 1. The summed E-state index contributed by atoms with van der Waals surface area (Å²) in [5.41, 5.74) is 2.90. The van der Waals surface area contributed by atoms with Gasteiger partial charge in [0.25, 0.3) is 0 Å². The summed E-state index contributed by atoms with van der Waals surface area (Å²) >= 11 is 3.16. The van der Waals surface area contributed by atoms with E-state index in [2.05, 4.69) is 29.6 Å². The van der Waals surface area contributed by atoms with Crippen LogP contribution in [0, 0.1) is 13.8 Å². The highest BCUT2D eigenvalue weighted by Crippen LogP contribution is 2.38. The van der Waals surface area contributed by atoms with Gasteiger partial charge < -0.3 is 9.47 Å². The minimum absolute atomic E-state index is 0.144. The molecule has 0 unspecified atom stereocenters. The van der Waals surface area contributed by atoms with Crippen molar-refractivity contribution in [2.45, 2.75) is 50.4 Å². The van der Waals surface area contributed by atoms with Gasteiger partial charge in [0, 0.05) is 21.1 Å². The third kappa shape index (κ3) is 6.33. The molecule has 1 heterocycles. The van der Waals surface area contributed by atoms with E-state index in [9.17, 15) is 18.0 Å². The molecule has 0 aliphatic rings. The van der Waals surface area contributed by atoms with E-state index in [1.807, 2.05) is 19.9 Å². The first-order valence-electron chi connectivity index (χ1n) is 10.6. The second kappa shape index (κ2) is 10.8. The molecule has 0 amide bonds. The van der Waals surface area contributed by atoms with Crippen molar-refractivity contribution in [3.63, 3.8) is 0 Å². The molecule has 0 spiro atoms. The smallest absolute Gasteiger partial charge is 0.416 e. The Hall–Kier alpha value is -2.52. The summed E-state index contributed by atoms with van der Waals surface area (Å²) in [5, 5.41) is 0.702. The van der Waals surface area contributed by atoms with Crippen molar-refractivity contribution in [1.29, 1.82) is 0 Å². The van der Waals surface area contributed by atoms with Gasteiger partial charge in [-0.25, -0.2) is 9.78 Å². The number of halogens is 3. The first-order valence-corrected chi connectivity index (χ1v) is 12.4. The number of hydrogen-bond donors (Lipinski definition) is 0. The molecule has 1 aromatic heterocycles. The van der Waals surface area contributed by atoms with Gasteiger partial charge >= 0.3 is 12.1 Å². The molecule has 0 radical (unpaired) electrons.